The fourth-order valence-electron chi connectivity index (χ4n) is 2.19. The normalized spacial score (nSPS) is 10.8. The highest BCUT2D eigenvalue weighted by Gasteiger charge is 2.15. The molecule has 0 aliphatic heterocycles. The van der Waals surface area contributed by atoms with E-state index < -0.39 is 0 Å². The lowest BCUT2D eigenvalue weighted by atomic mass is 10.2. The van der Waals surface area contributed by atoms with Gasteiger partial charge in [-0.2, -0.15) is 0 Å². The Morgan fingerprint density at radius 3 is 2.80 bits per heavy atom. The molecule has 1 aromatic carbocycles. The van der Waals surface area contributed by atoms with Gasteiger partial charge in [0.15, 0.2) is 22.1 Å². The number of hydrogen-bond acceptors (Lipinski definition) is 7. The Labute approximate surface area is 154 Å². The number of hydrogen-bond donors (Lipinski definition) is 2. The number of terminal acetylenes is 1. The van der Waals surface area contributed by atoms with E-state index >= 15 is 0 Å². The molecule has 0 aliphatic carbocycles. The van der Waals surface area contributed by atoms with Crippen molar-refractivity contribution in [1.82, 2.24) is 25.0 Å². The lowest BCUT2D eigenvalue weighted by Crippen LogP contribution is -2.14. The zero-order chi connectivity index (χ0) is 17.6. The molecule has 2 aromatic heterocycles. The minimum absolute atomic E-state index is 0.483. The van der Waals surface area contributed by atoms with E-state index in [9.17, 15) is 0 Å². The average molecular weight is 374 g/mol. The average Bonchev–Trinajstić information content (AvgIpc) is 3.03. The summed E-state index contributed by atoms with van der Waals surface area (Å²) in [5.41, 5.74) is 7.86. The molecule has 128 valence electrons. The minimum Gasteiger partial charge on any atom is -0.367 e. The van der Waals surface area contributed by atoms with Crippen LogP contribution in [0.4, 0.5) is 5.82 Å². The van der Waals surface area contributed by atoms with Crippen LogP contribution in [0.25, 0.3) is 11.2 Å². The molecule has 0 radical (unpaired) electrons. The summed E-state index contributed by atoms with van der Waals surface area (Å²) in [6.45, 7) is 1.59. The third kappa shape index (κ3) is 4.20. The zero-order valence-electron chi connectivity index (χ0n) is 13.3. The van der Waals surface area contributed by atoms with Crippen LogP contribution in [0.2, 0.25) is 5.02 Å². The predicted octanol–water partition coefficient (Wildman–Crippen LogP) is 2.02. The van der Waals surface area contributed by atoms with Crippen LogP contribution < -0.4 is 11.1 Å². The Morgan fingerprint density at radius 2 is 2.08 bits per heavy atom. The first-order valence-corrected chi connectivity index (χ1v) is 8.93. The molecule has 0 spiro atoms. The third-order valence-electron chi connectivity index (χ3n) is 3.31. The van der Waals surface area contributed by atoms with Crippen molar-refractivity contribution in [2.75, 3.05) is 24.2 Å². The van der Waals surface area contributed by atoms with Crippen molar-refractivity contribution in [3.05, 3.63) is 34.9 Å². The summed E-state index contributed by atoms with van der Waals surface area (Å²) in [6.07, 6.45) is 5.33. The Hall–Kier alpha value is -2.34. The van der Waals surface area contributed by atoms with Gasteiger partial charge < -0.3 is 11.1 Å². The fraction of sp³-hybridized carbons (Fsp3) is 0.250. The van der Waals surface area contributed by atoms with Crippen molar-refractivity contribution < 1.29 is 0 Å². The zero-order valence-corrected chi connectivity index (χ0v) is 14.9. The van der Waals surface area contributed by atoms with Crippen molar-refractivity contribution >= 4 is 40.3 Å². The van der Waals surface area contributed by atoms with Gasteiger partial charge in [0, 0.05) is 18.1 Å². The van der Waals surface area contributed by atoms with Crippen molar-refractivity contribution in [3.63, 3.8) is 0 Å². The van der Waals surface area contributed by atoms with Crippen molar-refractivity contribution in [2.24, 2.45) is 5.73 Å². The highest BCUT2D eigenvalue weighted by molar-refractivity contribution is 7.99. The van der Waals surface area contributed by atoms with Crippen LogP contribution in [-0.4, -0.2) is 43.8 Å². The monoisotopic (exact) mass is 373 g/mol. The highest BCUT2D eigenvalue weighted by atomic mass is 35.5. The second kappa shape index (κ2) is 8.16. The lowest BCUT2D eigenvalue weighted by Gasteiger charge is -2.07. The number of anilines is 1. The minimum atomic E-state index is 0.483. The van der Waals surface area contributed by atoms with Crippen molar-refractivity contribution in [2.45, 2.75) is 11.7 Å². The van der Waals surface area contributed by atoms with Crippen LogP contribution in [0.1, 0.15) is 5.56 Å². The predicted molar refractivity (Wildman–Crippen MR) is 101 cm³/mol. The Kier molecular flexibility index (Phi) is 5.71. The second-order valence-corrected chi connectivity index (χ2v) is 6.49. The van der Waals surface area contributed by atoms with Gasteiger partial charge in [0.1, 0.15) is 0 Å². The van der Waals surface area contributed by atoms with Gasteiger partial charge >= 0.3 is 0 Å². The maximum absolute atomic E-state index is 5.93. The van der Waals surface area contributed by atoms with Gasteiger partial charge in [-0.3, -0.25) is 0 Å². The van der Waals surface area contributed by atoms with E-state index in [0.29, 0.717) is 52.5 Å². The van der Waals surface area contributed by atoms with E-state index in [-0.39, 0.29) is 0 Å². The molecule has 3 aromatic rings. The summed E-state index contributed by atoms with van der Waals surface area (Å²) in [5, 5.41) is 12.9. The molecule has 0 amide bonds. The topological polar surface area (TPSA) is 94.5 Å². The molecule has 0 bridgehead atoms. The molecule has 3 rings (SSSR count). The van der Waals surface area contributed by atoms with Crippen LogP contribution in [-0.2, 0) is 6.54 Å². The van der Waals surface area contributed by atoms with Crippen molar-refractivity contribution in [3.8, 4) is 12.3 Å². The molecule has 7 nitrogen and oxygen atoms in total. The fourth-order valence-corrected chi connectivity index (χ4v) is 2.84. The quantitative estimate of drug-likeness (QED) is 0.371. The van der Waals surface area contributed by atoms with Crippen LogP contribution in [0.15, 0.2) is 29.4 Å². The number of rotatable bonds is 7. The first-order chi connectivity index (χ1) is 12.2. The van der Waals surface area contributed by atoms with Gasteiger partial charge in [0.05, 0.1) is 12.3 Å². The Morgan fingerprint density at radius 1 is 1.28 bits per heavy atom. The van der Waals surface area contributed by atoms with Gasteiger partial charge in [-0.05, 0) is 17.7 Å². The van der Waals surface area contributed by atoms with E-state index in [2.05, 4.69) is 31.5 Å². The molecule has 3 N–H and O–H groups in total. The van der Waals surface area contributed by atoms with Gasteiger partial charge in [-0.25, -0.2) is 14.6 Å². The molecular formula is C16H16ClN7S. The van der Waals surface area contributed by atoms with E-state index in [1.807, 2.05) is 24.3 Å². The van der Waals surface area contributed by atoms with Gasteiger partial charge in [0.25, 0.3) is 0 Å². The number of nitrogens with two attached hydrogens (primary N) is 1. The summed E-state index contributed by atoms with van der Waals surface area (Å²) in [6, 6.07) is 7.57. The SMILES string of the molecule is C#CCSc1nc(NCCN)c2nnn(Cc3ccc(Cl)cc3)c2n1. The smallest absolute Gasteiger partial charge is 0.192 e. The maximum Gasteiger partial charge on any atom is 0.192 e. The van der Waals surface area contributed by atoms with E-state index in [1.165, 1.54) is 11.8 Å². The van der Waals surface area contributed by atoms with Gasteiger partial charge in [-0.15, -0.1) is 11.5 Å². The summed E-state index contributed by atoms with van der Waals surface area (Å²) in [7, 11) is 0. The number of fused-ring (bicyclic) bond motifs is 1. The van der Waals surface area contributed by atoms with E-state index in [0.717, 1.165) is 5.56 Å². The Bertz CT molecular complexity index is 901. The van der Waals surface area contributed by atoms with Crippen LogP contribution in [0, 0.1) is 12.3 Å². The molecule has 0 unspecified atom stereocenters. The molecule has 0 saturated heterocycles. The Balaban J connectivity index is 1.98. The van der Waals surface area contributed by atoms with Crippen molar-refractivity contribution in [1.29, 1.82) is 0 Å². The summed E-state index contributed by atoms with van der Waals surface area (Å²) in [5.74, 6) is 3.67. The molecular weight excluding hydrogens is 358 g/mol. The van der Waals surface area contributed by atoms with Crippen LogP contribution in [0.5, 0.6) is 0 Å². The van der Waals surface area contributed by atoms with Crippen LogP contribution >= 0.6 is 23.4 Å². The van der Waals surface area contributed by atoms with E-state index in [4.69, 9.17) is 23.8 Å². The van der Waals surface area contributed by atoms with Gasteiger partial charge in [-0.1, -0.05) is 46.6 Å². The summed E-state index contributed by atoms with van der Waals surface area (Å²) in [4.78, 5) is 9.02. The largest absolute Gasteiger partial charge is 0.367 e. The third-order valence-corrected chi connectivity index (χ3v) is 4.31. The number of benzene rings is 1. The summed E-state index contributed by atoms with van der Waals surface area (Å²) >= 11 is 7.32. The van der Waals surface area contributed by atoms with Crippen LogP contribution in [0.3, 0.4) is 0 Å². The van der Waals surface area contributed by atoms with Gasteiger partial charge in [0.2, 0.25) is 0 Å². The first-order valence-electron chi connectivity index (χ1n) is 7.57. The molecule has 0 aliphatic rings. The first kappa shape index (κ1) is 17.5. The number of halogens is 1. The molecule has 0 fully saturated rings. The molecule has 0 saturated carbocycles. The van der Waals surface area contributed by atoms with E-state index in [1.54, 1.807) is 4.68 Å². The lowest BCUT2D eigenvalue weighted by molar-refractivity contribution is 0.661. The highest BCUT2D eigenvalue weighted by Crippen LogP contribution is 2.23. The summed E-state index contributed by atoms with van der Waals surface area (Å²) < 4.78 is 1.73. The number of thioether (sulfide) groups is 1. The standard InChI is InChI=1S/C16H16ClN7S/c1-2-9-25-16-20-14(19-8-7-18)13-15(21-16)24(23-22-13)10-11-3-5-12(17)6-4-11/h1,3-6H,7-10,18H2,(H,19,20,21). The number of nitrogens with zero attached hydrogens (tertiary/aromatic N) is 5. The molecule has 25 heavy (non-hydrogen) atoms. The number of aromatic nitrogens is 5. The second-order valence-electron chi connectivity index (χ2n) is 5.11. The maximum atomic E-state index is 5.93. The molecule has 9 heteroatoms. The molecule has 2 heterocycles. The number of nitrogens with one attached hydrogen (secondary N) is 1. The molecule has 0 atom stereocenters.